The quantitative estimate of drug-likeness (QED) is 0.892. The molecule has 0 spiro atoms. The number of benzene rings is 1. The zero-order valence-corrected chi connectivity index (χ0v) is 14.8. The van der Waals surface area contributed by atoms with E-state index in [1.54, 1.807) is 6.07 Å². The molecule has 1 aliphatic heterocycles. The van der Waals surface area contributed by atoms with Gasteiger partial charge in [-0.15, -0.1) is 0 Å². The van der Waals surface area contributed by atoms with Crippen molar-refractivity contribution in [3.8, 4) is 5.75 Å². The lowest BCUT2D eigenvalue weighted by atomic mass is 10.1. The second-order valence-electron chi connectivity index (χ2n) is 7.93. The summed E-state index contributed by atoms with van der Waals surface area (Å²) in [4.78, 5) is 13.9. The Hall–Kier alpha value is -1.75. The van der Waals surface area contributed by atoms with Crippen LogP contribution in [0.4, 0.5) is 4.79 Å². The van der Waals surface area contributed by atoms with Gasteiger partial charge in [-0.3, -0.25) is 0 Å². The number of hydrogen-bond acceptors (Lipinski definition) is 4. The fourth-order valence-electron chi connectivity index (χ4n) is 3.65. The molecule has 1 aromatic carbocycles. The smallest absolute Gasteiger partial charge is 0.410 e. The van der Waals surface area contributed by atoms with Gasteiger partial charge in [0.2, 0.25) is 0 Å². The number of ether oxygens (including phenoxy) is 1. The van der Waals surface area contributed by atoms with Crippen LogP contribution in [0, 0.1) is 5.92 Å². The van der Waals surface area contributed by atoms with Gasteiger partial charge in [0, 0.05) is 25.7 Å². The number of carbonyl (C=O) groups is 1. The molecule has 1 heterocycles. The molecule has 0 radical (unpaired) electrons. The van der Waals surface area contributed by atoms with Crippen LogP contribution in [0.1, 0.15) is 50.8 Å². The molecule has 132 valence electrons. The zero-order valence-electron chi connectivity index (χ0n) is 14.8. The summed E-state index contributed by atoms with van der Waals surface area (Å²) in [6.45, 7) is 8.09. The van der Waals surface area contributed by atoms with Crippen molar-refractivity contribution in [2.24, 2.45) is 5.92 Å². The van der Waals surface area contributed by atoms with E-state index in [4.69, 9.17) is 4.74 Å². The Morgan fingerprint density at radius 2 is 2.17 bits per heavy atom. The molecule has 2 atom stereocenters. The van der Waals surface area contributed by atoms with Gasteiger partial charge in [-0.05, 0) is 63.1 Å². The average molecular weight is 332 g/mol. The van der Waals surface area contributed by atoms with E-state index in [1.165, 1.54) is 5.56 Å². The van der Waals surface area contributed by atoms with Crippen molar-refractivity contribution in [3.05, 3.63) is 29.3 Å². The van der Waals surface area contributed by atoms with Crippen LogP contribution in [0.15, 0.2) is 18.2 Å². The Bertz CT molecular complexity index is 609. The summed E-state index contributed by atoms with van der Waals surface area (Å²) < 4.78 is 5.45. The molecule has 1 aromatic rings. The van der Waals surface area contributed by atoms with Crippen molar-refractivity contribution in [2.75, 3.05) is 19.6 Å². The van der Waals surface area contributed by atoms with Gasteiger partial charge in [-0.2, -0.15) is 0 Å². The van der Waals surface area contributed by atoms with Crippen LogP contribution in [-0.4, -0.2) is 41.3 Å². The molecule has 5 heteroatoms. The third kappa shape index (κ3) is 3.83. The van der Waals surface area contributed by atoms with Crippen molar-refractivity contribution in [2.45, 2.75) is 51.7 Å². The van der Waals surface area contributed by atoms with E-state index in [0.717, 1.165) is 44.5 Å². The van der Waals surface area contributed by atoms with Gasteiger partial charge in [0.25, 0.3) is 0 Å². The van der Waals surface area contributed by atoms with Crippen LogP contribution in [0.5, 0.6) is 5.75 Å². The average Bonchev–Trinajstić information content (AvgIpc) is 3.10. The maximum absolute atomic E-state index is 12.1. The fourth-order valence-corrected chi connectivity index (χ4v) is 3.65. The summed E-state index contributed by atoms with van der Waals surface area (Å²) in [7, 11) is 0. The van der Waals surface area contributed by atoms with Gasteiger partial charge in [0.05, 0.1) is 0 Å². The van der Waals surface area contributed by atoms with Crippen LogP contribution in [0.3, 0.4) is 0 Å². The summed E-state index contributed by atoms with van der Waals surface area (Å²) in [5, 5.41) is 13.6. The first-order chi connectivity index (χ1) is 11.3. The lowest BCUT2D eigenvalue weighted by Gasteiger charge is -2.24. The summed E-state index contributed by atoms with van der Waals surface area (Å²) in [5.41, 5.74) is 1.86. The van der Waals surface area contributed by atoms with Crippen molar-refractivity contribution in [3.63, 3.8) is 0 Å². The van der Waals surface area contributed by atoms with E-state index >= 15 is 0 Å². The van der Waals surface area contributed by atoms with E-state index in [1.807, 2.05) is 31.7 Å². The number of carbonyl (C=O) groups excluding carboxylic acids is 1. The second-order valence-corrected chi connectivity index (χ2v) is 7.93. The van der Waals surface area contributed by atoms with Crippen LogP contribution in [0.2, 0.25) is 0 Å². The molecule has 1 fully saturated rings. The predicted octanol–water partition coefficient (Wildman–Crippen LogP) is 3.23. The van der Waals surface area contributed by atoms with Gasteiger partial charge in [-0.1, -0.05) is 12.1 Å². The summed E-state index contributed by atoms with van der Waals surface area (Å²) in [6, 6.07) is 6.08. The number of hydrogen-bond donors (Lipinski definition) is 2. The third-order valence-corrected chi connectivity index (χ3v) is 4.84. The summed E-state index contributed by atoms with van der Waals surface area (Å²) in [6.07, 6.45) is 2.75. The minimum atomic E-state index is -0.441. The normalized spacial score (nSPS) is 23.4. The summed E-state index contributed by atoms with van der Waals surface area (Å²) >= 11 is 0. The lowest BCUT2D eigenvalue weighted by Crippen LogP contribution is -2.36. The van der Waals surface area contributed by atoms with Crippen LogP contribution < -0.4 is 5.32 Å². The minimum absolute atomic E-state index is 0.207. The molecule has 2 N–H and O–H groups in total. The number of fused-ring (bicyclic) bond motifs is 1. The van der Waals surface area contributed by atoms with Gasteiger partial charge in [0.1, 0.15) is 11.4 Å². The molecular formula is C19H28N2O3. The molecular weight excluding hydrogens is 304 g/mol. The lowest BCUT2D eigenvalue weighted by molar-refractivity contribution is 0.0288. The standard InChI is InChI=1S/C19H28N2O3/c1-19(2,3)24-18(23)21-10-9-13(12-21)11-20-16-8-7-15-14(16)5-4-6-17(15)22/h4-6,13,16,20,22H,7-12H2,1-3H3. The molecule has 0 aromatic heterocycles. The molecule has 0 bridgehead atoms. The first-order valence-electron chi connectivity index (χ1n) is 8.85. The van der Waals surface area contributed by atoms with Crippen LogP contribution in [-0.2, 0) is 11.2 Å². The molecule has 2 unspecified atom stereocenters. The van der Waals surface area contributed by atoms with E-state index in [0.29, 0.717) is 17.7 Å². The maximum Gasteiger partial charge on any atom is 0.410 e. The van der Waals surface area contributed by atoms with E-state index < -0.39 is 5.60 Å². The van der Waals surface area contributed by atoms with Crippen molar-refractivity contribution in [1.82, 2.24) is 10.2 Å². The Morgan fingerprint density at radius 3 is 2.92 bits per heavy atom. The van der Waals surface area contributed by atoms with Crippen LogP contribution in [0.25, 0.3) is 0 Å². The highest BCUT2D eigenvalue weighted by atomic mass is 16.6. The topological polar surface area (TPSA) is 61.8 Å². The number of phenols is 1. The number of phenolic OH excluding ortho intramolecular Hbond substituents is 1. The summed E-state index contributed by atoms with van der Waals surface area (Å²) in [5.74, 6) is 0.868. The number of likely N-dealkylation sites (tertiary alicyclic amines) is 1. The number of amides is 1. The Kier molecular flexibility index (Phi) is 4.72. The molecule has 1 aliphatic carbocycles. The maximum atomic E-state index is 12.1. The molecule has 5 nitrogen and oxygen atoms in total. The first kappa shape index (κ1) is 17.1. The van der Waals surface area contributed by atoms with Gasteiger partial charge in [0.15, 0.2) is 0 Å². The highest BCUT2D eigenvalue weighted by Gasteiger charge is 2.31. The molecule has 0 saturated carbocycles. The number of nitrogens with zero attached hydrogens (tertiary/aromatic N) is 1. The SMILES string of the molecule is CC(C)(C)OC(=O)N1CCC(CNC2CCc3c(O)cccc32)C1. The fraction of sp³-hybridized carbons (Fsp3) is 0.632. The molecule has 24 heavy (non-hydrogen) atoms. The number of aromatic hydroxyl groups is 1. The van der Waals surface area contributed by atoms with E-state index in [9.17, 15) is 9.90 Å². The van der Waals surface area contributed by atoms with Gasteiger partial charge in [-0.25, -0.2) is 4.79 Å². The molecule has 1 amide bonds. The van der Waals surface area contributed by atoms with Crippen molar-refractivity contribution >= 4 is 6.09 Å². The second kappa shape index (κ2) is 6.63. The largest absolute Gasteiger partial charge is 0.508 e. The molecule has 3 rings (SSSR count). The number of rotatable bonds is 3. The third-order valence-electron chi connectivity index (χ3n) is 4.84. The van der Waals surface area contributed by atoms with Gasteiger partial charge < -0.3 is 20.1 Å². The molecule has 1 saturated heterocycles. The highest BCUT2D eigenvalue weighted by Crippen LogP contribution is 2.36. The highest BCUT2D eigenvalue weighted by molar-refractivity contribution is 5.68. The predicted molar refractivity (Wildman–Crippen MR) is 93.1 cm³/mol. The minimum Gasteiger partial charge on any atom is -0.508 e. The van der Waals surface area contributed by atoms with E-state index in [-0.39, 0.29) is 6.09 Å². The Balaban J connectivity index is 1.50. The van der Waals surface area contributed by atoms with Crippen molar-refractivity contribution < 1.29 is 14.6 Å². The zero-order chi connectivity index (χ0) is 17.3. The monoisotopic (exact) mass is 332 g/mol. The number of nitrogens with one attached hydrogen (secondary N) is 1. The Labute approximate surface area is 144 Å². The van der Waals surface area contributed by atoms with Gasteiger partial charge >= 0.3 is 6.09 Å². The van der Waals surface area contributed by atoms with Crippen molar-refractivity contribution in [1.29, 1.82) is 0 Å². The Morgan fingerprint density at radius 1 is 1.38 bits per heavy atom. The first-order valence-corrected chi connectivity index (χ1v) is 8.85. The van der Waals surface area contributed by atoms with Crippen LogP contribution >= 0.6 is 0 Å². The van der Waals surface area contributed by atoms with E-state index in [2.05, 4.69) is 11.4 Å². The molecule has 2 aliphatic rings.